The highest BCUT2D eigenvalue weighted by Gasteiger charge is 2.13. The second-order valence-corrected chi connectivity index (χ2v) is 6.89. The van der Waals surface area contributed by atoms with Crippen molar-refractivity contribution in [3.8, 4) is 17.0 Å². The number of benzene rings is 2. The lowest BCUT2D eigenvalue weighted by atomic mass is 10.1. The first kappa shape index (κ1) is 19.7. The first-order valence-electron chi connectivity index (χ1n) is 9.00. The van der Waals surface area contributed by atoms with E-state index in [0.717, 1.165) is 11.1 Å². The summed E-state index contributed by atoms with van der Waals surface area (Å²) < 4.78 is 20.0. The summed E-state index contributed by atoms with van der Waals surface area (Å²) in [6, 6.07) is 14.9. The van der Waals surface area contributed by atoms with Crippen LogP contribution in [0, 0.1) is 5.82 Å². The standard InChI is InChI=1S/C21H17ClFN5O2/c1-30-16-4-2-3-13(9-16)18-11-19(26-25-18)21(29)24-20-7-8-28(27-20)12-14-5-6-15(23)10-17(14)22/h2-11H,12H2,1H3,(H,25,26)(H,24,27,29). The van der Waals surface area contributed by atoms with E-state index in [9.17, 15) is 9.18 Å². The third-order valence-electron chi connectivity index (χ3n) is 4.42. The molecule has 0 aliphatic rings. The van der Waals surface area contributed by atoms with Crippen molar-refractivity contribution < 1.29 is 13.9 Å². The lowest BCUT2D eigenvalue weighted by molar-refractivity contribution is 0.102. The third-order valence-corrected chi connectivity index (χ3v) is 4.77. The second kappa shape index (κ2) is 8.38. The average Bonchev–Trinajstić information content (AvgIpc) is 3.40. The molecule has 0 bridgehead atoms. The molecular weight excluding hydrogens is 409 g/mol. The molecule has 2 aromatic carbocycles. The Labute approximate surface area is 176 Å². The molecule has 30 heavy (non-hydrogen) atoms. The normalized spacial score (nSPS) is 10.8. The molecule has 4 rings (SSSR count). The van der Waals surface area contributed by atoms with E-state index in [1.165, 1.54) is 12.1 Å². The zero-order valence-corrected chi connectivity index (χ0v) is 16.7. The van der Waals surface area contributed by atoms with Crippen LogP contribution in [0.2, 0.25) is 5.02 Å². The van der Waals surface area contributed by atoms with Gasteiger partial charge in [0, 0.05) is 22.8 Å². The van der Waals surface area contributed by atoms with Gasteiger partial charge in [0.25, 0.3) is 5.91 Å². The number of hydrogen-bond acceptors (Lipinski definition) is 4. The minimum atomic E-state index is -0.398. The minimum Gasteiger partial charge on any atom is -0.497 e. The summed E-state index contributed by atoms with van der Waals surface area (Å²) in [5.74, 6) is 0.302. The fourth-order valence-electron chi connectivity index (χ4n) is 2.89. The summed E-state index contributed by atoms with van der Waals surface area (Å²) in [6.45, 7) is 0.346. The molecule has 2 heterocycles. The number of ether oxygens (including phenoxy) is 1. The van der Waals surface area contributed by atoms with Crippen molar-refractivity contribution in [2.45, 2.75) is 6.54 Å². The van der Waals surface area contributed by atoms with Gasteiger partial charge in [-0.05, 0) is 35.9 Å². The van der Waals surface area contributed by atoms with Gasteiger partial charge >= 0.3 is 0 Å². The largest absolute Gasteiger partial charge is 0.497 e. The van der Waals surface area contributed by atoms with Crippen LogP contribution in [0.3, 0.4) is 0 Å². The number of amides is 1. The van der Waals surface area contributed by atoms with Crippen LogP contribution in [0.25, 0.3) is 11.3 Å². The van der Waals surface area contributed by atoms with Crippen LogP contribution in [0.1, 0.15) is 16.1 Å². The second-order valence-electron chi connectivity index (χ2n) is 6.49. The first-order chi connectivity index (χ1) is 14.5. The van der Waals surface area contributed by atoms with Gasteiger partial charge in [-0.25, -0.2) is 4.39 Å². The van der Waals surface area contributed by atoms with Gasteiger partial charge in [0.2, 0.25) is 0 Å². The highest BCUT2D eigenvalue weighted by atomic mass is 35.5. The first-order valence-corrected chi connectivity index (χ1v) is 9.38. The minimum absolute atomic E-state index is 0.295. The smallest absolute Gasteiger partial charge is 0.274 e. The van der Waals surface area contributed by atoms with E-state index in [1.807, 2.05) is 24.3 Å². The monoisotopic (exact) mass is 425 g/mol. The van der Waals surface area contributed by atoms with Gasteiger partial charge < -0.3 is 10.1 Å². The van der Waals surface area contributed by atoms with E-state index in [1.54, 1.807) is 36.2 Å². The summed E-state index contributed by atoms with van der Waals surface area (Å²) in [4.78, 5) is 12.5. The van der Waals surface area contributed by atoms with Crippen LogP contribution in [0.15, 0.2) is 60.8 Å². The molecule has 0 fully saturated rings. The van der Waals surface area contributed by atoms with E-state index in [0.29, 0.717) is 34.5 Å². The lowest BCUT2D eigenvalue weighted by Crippen LogP contribution is -2.13. The fourth-order valence-corrected chi connectivity index (χ4v) is 3.12. The van der Waals surface area contributed by atoms with Crippen molar-refractivity contribution in [3.63, 3.8) is 0 Å². The van der Waals surface area contributed by atoms with Crippen molar-refractivity contribution in [2.75, 3.05) is 12.4 Å². The number of anilines is 1. The number of nitrogens with one attached hydrogen (secondary N) is 2. The van der Waals surface area contributed by atoms with Crippen molar-refractivity contribution in [3.05, 3.63) is 82.9 Å². The summed E-state index contributed by atoms with van der Waals surface area (Å²) in [7, 11) is 1.59. The van der Waals surface area contributed by atoms with Crippen molar-refractivity contribution in [1.82, 2.24) is 20.0 Å². The molecule has 0 unspecified atom stereocenters. The molecule has 2 N–H and O–H groups in total. The molecule has 2 aromatic heterocycles. The van der Waals surface area contributed by atoms with E-state index in [4.69, 9.17) is 16.3 Å². The van der Waals surface area contributed by atoms with Gasteiger partial charge in [-0.3, -0.25) is 14.6 Å². The molecule has 0 saturated carbocycles. The van der Waals surface area contributed by atoms with E-state index in [2.05, 4.69) is 20.6 Å². The molecule has 0 radical (unpaired) electrons. The fraction of sp³-hybridized carbons (Fsp3) is 0.0952. The molecule has 0 atom stereocenters. The van der Waals surface area contributed by atoms with E-state index in [-0.39, 0.29) is 5.91 Å². The van der Waals surface area contributed by atoms with Gasteiger partial charge in [0.05, 0.1) is 19.3 Å². The van der Waals surface area contributed by atoms with E-state index < -0.39 is 5.82 Å². The van der Waals surface area contributed by atoms with Crippen LogP contribution in [-0.4, -0.2) is 33.0 Å². The Morgan fingerprint density at radius 1 is 1.23 bits per heavy atom. The molecule has 0 spiro atoms. The summed E-state index contributed by atoms with van der Waals surface area (Å²) in [5, 5.41) is 14.3. The molecule has 0 aliphatic carbocycles. The zero-order valence-electron chi connectivity index (χ0n) is 15.9. The number of methoxy groups -OCH3 is 1. The van der Waals surface area contributed by atoms with Gasteiger partial charge in [-0.15, -0.1) is 0 Å². The molecule has 0 saturated heterocycles. The number of aromatic nitrogens is 4. The third kappa shape index (κ3) is 4.33. The average molecular weight is 426 g/mol. The number of carbonyl (C=O) groups is 1. The van der Waals surface area contributed by atoms with Crippen LogP contribution in [0.4, 0.5) is 10.2 Å². The Kier molecular flexibility index (Phi) is 5.49. The Morgan fingerprint density at radius 3 is 2.90 bits per heavy atom. The molecule has 4 aromatic rings. The Hall–Kier alpha value is -3.65. The highest BCUT2D eigenvalue weighted by Crippen LogP contribution is 2.23. The number of nitrogens with zero attached hydrogens (tertiary/aromatic N) is 3. The van der Waals surface area contributed by atoms with Crippen LogP contribution >= 0.6 is 11.6 Å². The number of aromatic amines is 1. The Bertz CT molecular complexity index is 1200. The molecule has 7 nitrogen and oxygen atoms in total. The maximum absolute atomic E-state index is 13.2. The highest BCUT2D eigenvalue weighted by molar-refractivity contribution is 6.31. The van der Waals surface area contributed by atoms with Crippen LogP contribution < -0.4 is 10.1 Å². The SMILES string of the molecule is COc1cccc(-c2cc(C(=O)Nc3ccn(Cc4ccc(F)cc4Cl)n3)[nH]n2)c1. The van der Waals surface area contributed by atoms with Gasteiger partial charge in [0.1, 0.15) is 17.3 Å². The predicted molar refractivity (Wildman–Crippen MR) is 111 cm³/mol. The maximum atomic E-state index is 13.2. The predicted octanol–water partition coefficient (Wildman–Crippen LogP) is 4.37. The molecule has 152 valence electrons. The van der Waals surface area contributed by atoms with Crippen molar-refractivity contribution in [2.24, 2.45) is 0 Å². The number of rotatable bonds is 6. The quantitative estimate of drug-likeness (QED) is 0.480. The summed E-state index contributed by atoms with van der Waals surface area (Å²) in [6.07, 6.45) is 1.70. The van der Waals surface area contributed by atoms with Crippen LogP contribution in [0.5, 0.6) is 5.75 Å². The molecule has 0 aliphatic heterocycles. The number of H-pyrrole nitrogens is 1. The number of carbonyl (C=O) groups excluding carboxylic acids is 1. The molecular formula is C21H17ClFN5O2. The zero-order chi connectivity index (χ0) is 21.1. The molecule has 1 amide bonds. The number of halogens is 2. The maximum Gasteiger partial charge on any atom is 0.274 e. The number of hydrogen-bond donors (Lipinski definition) is 2. The van der Waals surface area contributed by atoms with Crippen molar-refractivity contribution in [1.29, 1.82) is 0 Å². The summed E-state index contributed by atoms with van der Waals surface area (Å²) in [5.41, 5.74) is 2.46. The van der Waals surface area contributed by atoms with E-state index >= 15 is 0 Å². The van der Waals surface area contributed by atoms with Crippen molar-refractivity contribution >= 4 is 23.3 Å². The lowest BCUT2D eigenvalue weighted by Gasteiger charge is -2.05. The Morgan fingerprint density at radius 2 is 2.10 bits per heavy atom. The topological polar surface area (TPSA) is 84.8 Å². The molecule has 9 heteroatoms. The summed E-state index contributed by atoms with van der Waals surface area (Å²) >= 11 is 6.05. The van der Waals surface area contributed by atoms with Gasteiger partial charge in [0.15, 0.2) is 5.82 Å². The Balaban J connectivity index is 1.44. The van der Waals surface area contributed by atoms with Crippen LogP contribution in [-0.2, 0) is 6.54 Å². The van der Waals surface area contributed by atoms with Gasteiger partial charge in [-0.1, -0.05) is 29.8 Å². The van der Waals surface area contributed by atoms with Gasteiger partial charge in [-0.2, -0.15) is 10.2 Å².